The van der Waals surface area contributed by atoms with Crippen LogP contribution in [-0.4, -0.2) is 76.2 Å². The van der Waals surface area contributed by atoms with Crippen LogP contribution in [0.15, 0.2) is 0 Å². The van der Waals surface area contributed by atoms with Crippen LogP contribution in [0.25, 0.3) is 0 Å². The highest BCUT2D eigenvalue weighted by molar-refractivity contribution is 5.96. The number of likely N-dealkylation sites (tertiary alicyclic amines) is 1. The van der Waals surface area contributed by atoms with Crippen LogP contribution in [0.1, 0.15) is 52.4 Å². The zero-order valence-electron chi connectivity index (χ0n) is 18.9. The smallest absolute Gasteiger partial charge is 0.326 e. The lowest BCUT2D eigenvalue weighted by Crippen LogP contribution is -2.58. The summed E-state index contributed by atoms with van der Waals surface area (Å²) in [5.74, 6) is -5.24. The molecule has 0 aliphatic carbocycles. The average molecular weight is 471 g/mol. The van der Waals surface area contributed by atoms with Crippen LogP contribution >= 0.6 is 0 Å². The van der Waals surface area contributed by atoms with Crippen LogP contribution in [0.5, 0.6) is 0 Å². The molecule has 33 heavy (non-hydrogen) atoms. The second-order valence-electron chi connectivity index (χ2n) is 8.24. The van der Waals surface area contributed by atoms with Gasteiger partial charge in [0.2, 0.25) is 29.5 Å². The highest BCUT2D eigenvalue weighted by Gasteiger charge is 2.38. The Morgan fingerprint density at radius 1 is 1.03 bits per heavy atom. The molecule has 5 atom stereocenters. The van der Waals surface area contributed by atoms with Crippen molar-refractivity contribution in [1.29, 1.82) is 0 Å². The van der Waals surface area contributed by atoms with E-state index in [1.165, 1.54) is 0 Å². The van der Waals surface area contributed by atoms with Crippen molar-refractivity contribution in [2.24, 2.45) is 23.1 Å². The van der Waals surface area contributed by atoms with E-state index < -0.39 is 66.1 Å². The van der Waals surface area contributed by atoms with Crippen molar-refractivity contribution < 1.29 is 33.9 Å². The molecular weight excluding hydrogens is 436 g/mol. The van der Waals surface area contributed by atoms with Crippen molar-refractivity contribution in [1.82, 2.24) is 15.5 Å². The van der Waals surface area contributed by atoms with Crippen LogP contribution in [0.2, 0.25) is 0 Å². The number of carbonyl (C=O) groups excluding carboxylic acids is 5. The van der Waals surface area contributed by atoms with Gasteiger partial charge in [0.05, 0.1) is 12.5 Å². The van der Waals surface area contributed by atoms with Crippen LogP contribution in [0.4, 0.5) is 0 Å². The van der Waals surface area contributed by atoms with E-state index in [0.29, 0.717) is 12.8 Å². The molecule has 1 rings (SSSR count). The quantitative estimate of drug-likeness (QED) is 0.169. The molecule has 0 aromatic heterocycles. The van der Waals surface area contributed by atoms with Crippen LogP contribution in [0.3, 0.4) is 0 Å². The minimum Gasteiger partial charge on any atom is -0.480 e. The number of nitrogens with zero attached hydrogens (tertiary/aromatic N) is 1. The molecule has 9 N–H and O–H groups in total. The molecular formula is C20H34N6O7. The largest absolute Gasteiger partial charge is 0.480 e. The molecule has 1 aliphatic heterocycles. The summed E-state index contributed by atoms with van der Waals surface area (Å²) in [6, 6.07) is -4.70. The molecule has 0 saturated carbocycles. The van der Waals surface area contributed by atoms with Gasteiger partial charge in [0.25, 0.3) is 0 Å². The molecule has 0 aromatic rings. The molecule has 186 valence electrons. The van der Waals surface area contributed by atoms with Gasteiger partial charge in [-0.25, -0.2) is 4.79 Å². The van der Waals surface area contributed by atoms with Crippen molar-refractivity contribution in [3.8, 4) is 0 Å². The molecule has 0 aromatic carbocycles. The third-order valence-electron chi connectivity index (χ3n) is 5.71. The second kappa shape index (κ2) is 12.7. The molecule has 0 radical (unpaired) electrons. The maximum atomic E-state index is 13.0. The number of amides is 5. The van der Waals surface area contributed by atoms with Gasteiger partial charge < -0.3 is 37.8 Å². The number of nitrogens with one attached hydrogen (secondary N) is 2. The number of rotatable bonds is 13. The fourth-order valence-electron chi connectivity index (χ4n) is 3.49. The average Bonchev–Trinajstić information content (AvgIpc) is 3.24. The summed E-state index contributed by atoms with van der Waals surface area (Å²) in [5.41, 5.74) is 16.2. The zero-order chi connectivity index (χ0) is 25.3. The number of nitrogens with two attached hydrogens (primary N) is 3. The van der Waals surface area contributed by atoms with Crippen LogP contribution in [-0.2, 0) is 28.8 Å². The van der Waals surface area contributed by atoms with E-state index in [2.05, 4.69) is 10.6 Å². The lowest BCUT2D eigenvalue weighted by atomic mass is 9.99. The minimum atomic E-state index is -1.41. The number of hydrogen-bond donors (Lipinski definition) is 6. The van der Waals surface area contributed by atoms with E-state index in [9.17, 15) is 33.9 Å². The number of hydrogen-bond acceptors (Lipinski definition) is 7. The lowest BCUT2D eigenvalue weighted by molar-refractivity contribution is -0.149. The Morgan fingerprint density at radius 3 is 2.15 bits per heavy atom. The van der Waals surface area contributed by atoms with Gasteiger partial charge in [-0.3, -0.25) is 24.0 Å². The maximum Gasteiger partial charge on any atom is 0.326 e. The molecule has 13 heteroatoms. The predicted octanol–water partition coefficient (Wildman–Crippen LogP) is -2.45. The Bertz CT molecular complexity index is 774. The molecule has 1 fully saturated rings. The summed E-state index contributed by atoms with van der Waals surface area (Å²) in [5, 5.41) is 14.1. The van der Waals surface area contributed by atoms with E-state index >= 15 is 0 Å². The Labute approximate surface area is 191 Å². The fourth-order valence-corrected chi connectivity index (χ4v) is 3.49. The molecule has 5 unspecified atom stereocenters. The van der Waals surface area contributed by atoms with Gasteiger partial charge in [0.15, 0.2) is 0 Å². The van der Waals surface area contributed by atoms with Crippen molar-refractivity contribution in [3.63, 3.8) is 0 Å². The second-order valence-corrected chi connectivity index (χ2v) is 8.24. The van der Waals surface area contributed by atoms with E-state index in [0.717, 1.165) is 4.90 Å². The first-order chi connectivity index (χ1) is 15.4. The summed E-state index contributed by atoms with van der Waals surface area (Å²) >= 11 is 0. The zero-order valence-corrected chi connectivity index (χ0v) is 18.9. The topological polar surface area (TPSA) is 228 Å². The molecule has 1 heterocycles. The maximum absolute atomic E-state index is 13.0. The fraction of sp³-hybridized carbons (Fsp3) is 0.700. The Hall–Kier alpha value is -3.22. The first-order valence-corrected chi connectivity index (χ1v) is 10.8. The number of primary amides is 2. The first-order valence-electron chi connectivity index (χ1n) is 10.8. The van der Waals surface area contributed by atoms with E-state index in [1.54, 1.807) is 6.92 Å². The summed E-state index contributed by atoms with van der Waals surface area (Å²) < 4.78 is 0. The summed E-state index contributed by atoms with van der Waals surface area (Å²) in [6.07, 6.45) is 0.327. The molecule has 0 bridgehead atoms. The highest BCUT2D eigenvalue weighted by atomic mass is 16.4. The Balaban J connectivity index is 3.05. The van der Waals surface area contributed by atoms with Gasteiger partial charge >= 0.3 is 5.97 Å². The highest BCUT2D eigenvalue weighted by Crippen LogP contribution is 2.19. The number of aliphatic carboxylic acids is 1. The van der Waals surface area contributed by atoms with E-state index in [-0.39, 0.29) is 31.7 Å². The standard InChI is InChI=1S/C20H34N6O7/c1-3-10(2)16(23)18(30)25-12(9-15(22)28)17(29)24-11(6-7-14(21)27)19(31)26-8-4-5-13(26)20(32)33/h10-13,16H,3-9,23H2,1-2H3,(H2,21,27)(H2,22,28)(H,24,29)(H,25,30)(H,32,33). The first kappa shape index (κ1) is 27.8. The third kappa shape index (κ3) is 8.33. The van der Waals surface area contributed by atoms with Crippen LogP contribution in [0, 0.1) is 5.92 Å². The van der Waals surface area contributed by atoms with Crippen molar-refractivity contribution in [2.45, 2.75) is 76.5 Å². The lowest BCUT2D eigenvalue weighted by Gasteiger charge is -2.29. The molecule has 0 spiro atoms. The number of carboxylic acids is 1. The molecule has 5 amide bonds. The van der Waals surface area contributed by atoms with Gasteiger partial charge in [0.1, 0.15) is 18.1 Å². The molecule has 1 saturated heterocycles. The van der Waals surface area contributed by atoms with Crippen molar-refractivity contribution in [3.05, 3.63) is 0 Å². The number of carbonyl (C=O) groups is 6. The number of carboxylic acid groups (broad SMARTS) is 1. The molecule has 1 aliphatic rings. The van der Waals surface area contributed by atoms with E-state index in [1.807, 2.05) is 6.92 Å². The summed E-state index contributed by atoms with van der Waals surface area (Å²) in [7, 11) is 0. The monoisotopic (exact) mass is 470 g/mol. The van der Waals surface area contributed by atoms with Crippen LogP contribution < -0.4 is 27.8 Å². The third-order valence-corrected chi connectivity index (χ3v) is 5.71. The van der Waals surface area contributed by atoms with Crippen molar-refractivity contribution >= 4 is 35.5 Å². The van der Waals surface area contributed by atoms with Crippen molar-refractivity contribution in [2.75, 3.05) is 6.54 Å². The van der Waals surface area contributed by atoms with Gasteiger partial charge in [-0.15, -0.1) is 0 Å². The molecule has 13 nitrogen and oxygen atoms in total. The Kier molecular flexibility index (Phi) is 10.7. The van der Waals surface area contributed by atoms with E-state index in [4.69, 9.17) is 17.2 Å². The summed E-state index contributed by atoms with van der Waals surface area (Å²) in [4.78, 5) is 73.6. The predicted molar refractivity (Wildman–Crippen MR) is 116 cm³/mol. The normalized spacial score (nSPS) is 19.1. The van der Waals surface area contributed by atoms with Gasteiger partial charge in [-0.05, 0) is 25.2 Å². The SMILES string of the molecule is CCC(C)C(N)C(=O)NC(CC(N)=O)C(=O)NC(CCC(N)=O)C(=O)N1CCCC1C(=O)O. The van der Waals surface area contributed by atoms with Gasteiger partial charge in [-0.1, -0.05) is 20.3 Å². The van der Waals surface area contributed by atoms with Gasteiger partial charge in [0, 0.05) is 13.0 Å². The minimum absolute atomic E-state index is 0.171. The summed E-state index contributed by atoms with van der Waals surface area (Å²) in [6.45, 7) is 3.76. The van der Waals surface area contributed by atoms with Gasteiger partial charge in [-0.2, -0.15) is 0 Å². The Morgan fingerprint density at radius 2 is 1.64 bits per heavy atom.